The lowest BCUT2D eigenvalue weighted by atomic mass is 10.2. The monoisotopic (exact) mass is 205 g/mol. The smallest absolute Gasteiger partial charge is 0.0547 e. The number of thioether (sulfide) groups is 1. The average Bonchev–Trinajstić information content (AvgIpc) is 2.12. The van der Waals surface area contributed by atoms with Crippen LogP contribution in [-0.4, -0.2) is 35.3 Å². The summed E-state index contributed by atoms with van der Waals surface area (Å²) >= 11 is 1.86. The number of rotatable bonds is 8. The van der Waals surface area contributed by atoms with E-state index in [0.29, 0.717) is 17.9 Å². The lowest BCUT2D eigenvalue weighted by Crippen LogP contribution is -2.25. The van der Waals surface area contributed by atoms with Crippen molar-refractivity contribution in [3.05, 3.63) is 0 Å². The fraction of sp³-hybridized carbons (Fsp3) is 1.00. The fourth-order valence-electron chi connectivity index (χ4n) is 1.18. The molecule has 0 aliphatic heterocycles. The van der Waals surface area contributed by atoms with E-state index in [-0.39, 0.29) is 0 Å². The minimum atomic E-state index is 0.299. The van der Waals surface area contributed by atoms with E-state index >= 15 is 0 Å². The van der Waals surface area contributed by atoms with Gasteiger partial charge in [-0.15, -0.1) is 0 Å². The molecule has 0 aliphatic carbocycles. The van der Waals surface area contributed by atoms with Crippen LogP contribution in [0.3, 0.4) is 0 Å². The second-order valence-electron chi connectivity index (χ2n) is 3.46. The van der Waals surface area contributed by atoms with Gasteiger partial charge < -0.3 is 10.4 Å². The highest BCUT2D eigenvalue weighted by atomic mass is 32.2. The summed E-state index contributed by atoms with van der Waals surface area (Å²) in [6, 6.07) is 0.634. The third-order valence-electron chi connectivity index (χ3n) is 1.99. The SMILES string of the molecule is CCNC(C)CCCSC(C)CO. The summed E-state index contributed by atoms with van der Waals surface area (Å²) in [5.74, 6) is 1.16. The minimum absolute atomic E-state index is 0.299. The summed E-state index contributed by atoms with van der Waals surface area (Å²) in [6.45, 7) is 7.79. The molecule has 2 atom stereocenters. The predicted octanol–water partition coefficient (Wildman–Crippen LogP) is 1.88. The summed E-state index contributed by atoms with van der Waals surface area (Å²) in [5, 5.41) is 12.6. The van der Waals surface area contributed by atoms with Crippen LogP contribution in [0.25, 0.3) is 0 Å². The van der Waals surface area contributed by atoms with E-state index in [2.05, 4.69) is 26.1 Å². The number of hydrogen-bond acceptors (Lipinski definition) is 3. The molecule has 0 aromatic carbocycles. The van der Waals surface area contributed by atoms with E-state index in [9.17, 15) is 0 Å². The maximum absolute atomic E-state index is 8.79. The lowest BCUT2D eigenvalue weighted by Gasteiger charge is -2.12. The Hall–Kier alpha value is 0.270. The fourth-order valence-corrected chi connectivity index (χ4v) is 2.02. The van der Waals surface area contributed by atoms with E-state index in [0.717, 1.165) is 12.3 Å². The molecule has 0 aromatic rings. The van der Waals surface area contributed by atoms with Gasteiger partial charge >= 0.3 is 0 Å². The minimum Gasteiger partial charge on any atom is -0.395 e. The third kappa shape index (κ3) is 8.60. The van der Waals surface area contributed by atoms with Gasteiger partial charge in [0.05, 0.1) is 6.61 Å². The lowest BCUT2D eigenvalue weighted by molar-refractivity contribution is 0.300. The first-order chi connectivity index (χ1) is 6.20. The molecule has 2 unspecified atom stereocenters. The van der Waals surface area contributed by atoms with Crippen LogP contribution in [0.2, 0.25) is 0 Å². The summed E-state index contributed by atoms with van der Waals surface area (Å²) in [7, 11) is 0. The predicted molar refractivity (Wildman–Crippen MR) is 61.4 cm³/mol. The van der Waals surface area contributed by atoms with Crippen molar-refractivity contribution in [2.24, 2.45) is 0 Å². The highest BCUT2D eigenvalue weighted by molar-refractivity contribution is 7.99. The van der Waals surface area contributed by atoms with Crippen molar-refractivity contribution >= 4 is 11.8 Å². The van der Waals surface area contributed by atoms with Crippen LogP contribution >= 0.6 is 11.8 Å². The van der Waals surface area contributed by atoms with Crippen LogP contribution in [-0.2, 0) is 0 Å². The van der Waals surface area contributed by atoms with Gasteiger partial charge in [0.1, 0.15) is 0 Å². The summed E-state index contributed by atoms with van der Waals surface area (Å²) < 4.78 is 0. The first kappa shape index (κ1) is 13.3. The Morgan fingerprint density at radius 1 is 1.38 bits per heavy atom. The van der Waals surface area contributed by atoms with Gasteiger partial charge in [-0.2, -0.15) is 11.8 Å². The van der Waals surface area contributed by atoms with Crippen molar-refractivity contribution < 1.29 is 5.11 Å². The maximum Gasteiger partial charge on any atom is 0.0547 e. The van der Waals surface area contributed by atoms with E-state index in [1.807, 2.05) is 11.8 Å². The second-order valence-corrected chi connectivity index (χ2v) is 5.01. The maximum atomic E-state index is 8.79. The summed E-state index contributed by atoms with van der Waals surface area (Å²) in [5.41, 5.74) is 0. The van der Waals surface area contributed by atoms with Gasteiger partial charge in [0, 0.05) is 11.3 Å². The quantitative estimate of drug-likeness (QED) is 0.593. The highest BCUT2D eigenvalue weighted by Gasteiger charge is 2.02. The Labute approximate surface area is 86.5 Å². The molecule has 0 spiro atoms. The molecule has 3 heteroatoms. The van der Waals surface area contributed by atoms with Crippen molar-refractivity contribution in [3.8, 4) is 0 Å². The van der Waals surface area contributed by atoms with Gasteiger partial charge in [0.25, 0.3) is 0 Å². The molecule has 0 fully saturated rings. The number of aliphatic hydroxyl groups excluding tert-OH is 1. The largest absolute Gasteiger partial charge is 0.395 e. The van der Waals surface area contributed by atoms with Gasteiger partial charge in [-0.25, -0.2) is 0 Å². The topological polar surface area (TPSA) is 32.3 Å². The van der Waals surface area contributed by atoms with Crippen molar-refractivity contribution in [2.75, 3.05) is 18.9 Å². The molecule has 0 amide bonds. The molecule has 13 heavy (non-hydrogen) atoms. The van der Waals surface area contributed by atoms with Crippen LogP contribution in [0, 0.1) is 0 Å². The molecule has 0 aromatic heterocycles. The third-order valence-corrected chi connectivity index (χ3v) is 3.24. The zero-order chi connectivity index (χ0) is 10.1. The molecule has 0 saturated heterocycles. The van der Waals surface area contributed by atoms with Crippen LogP contribution in [0.4, 0.5) is 0 Å². The molecule has 0 heterocycles. The first-order valence-corrected chi connectivity index (χ1v) is 6.21. The Bertz CT molecular complexity index is 111. The molecule has 0 bridgehead atoms. The van der Waals surface area contributed by atoms with Crippen molar-refractivity contribution in [1.29, 1.82) is 0 Å². The molecule has 0 rings (SSSR count). The number of hydrogen-bond donors (Lipinski definition) is 2. The molecular weight excluding hydrogens is 182 g/mol. The van der Waals surface area contributed by atoms with Gasteiger partial charge in [-0.1, -0.05) is 13.8 Å². The Balaban J connectivity index is 3.15. The van der Waals surface area contributed by atoms with Gasteiger partial charge in [-0.3, -0.25) is 0 Å². The second kappa shape index (κ2) is 8.85. The molecule has 80 valence electrons. The Morgan fingerprint density at radius 3 is 2.62 bits per heavy atom. The van der Waals surface area contributed by atoms with Crippen molar-refractivity contribution in [1.82, 2.24) is 5.32 Å². The number of aliphatic hydroxyl groups is 1. The van der Waals surface area contributed by atoms with E-state index < -0.39 is 0 Å². The average molecular weight is 205 g/mol. The Kier molecular flexibility index (Phi) is 9.03. The van der Waals surface area contributed by atoms with Crippen molar-refractivity contribution in [3.63, 3.8) is 0 Å². The van der Waals surface area contributed by atoms with Gasteiger partial charge in [0.2, 0.25) is 0 Å². The zero-order valence-corrected chi connectivity index (χ0v) is 9.86. The van der Waals surface area contributed by atoms with Crippen LogP contribution in [0.15, 0.2) is 0 Å². The molecule has 0 saturated carbocycles. The normalized spacial score (nSPS) is 15.7. The first-order valence-electron chi connectivity index (χ1n) is 5.16. The van der Waals surface area contributed by atoms with Crippen LogP contribution in [0.1, 0.15) is 33.6 Å². The molecule has 2 nitrogen and oxygen atoms in total. The van der Waals surface area contributed by atoms with Crippen molar-refractivity contribution in [2.45, 2.75) is 44.9 Å². The van der Waals surface area contributed by atoms with Gasteiger partial charge in [0.15, 0.2) is 0 Å². The Morgan fingerprint density at radius 2 is 2.08 bits per heavy atom. The van der Waals surface area contributed by atoms with E-state index in [1.54, 1.807) is 0 Å². The standard InChI is InChI=1S/C10H23NOS/c1-4-11-9(2)6-5-7-13-10(3)8-12/h9-12H,4-8H2,1-3H3. The van der Waals surface area contributed by atoms with Gasteiger partial charge in [-0.05, 0) is 32.1 Å². The van der Waals surface area contributed by atoms with E-state index in [4.69, 9.17) is 5.11 Å². The molecule has 2 N–H and O–H groups in total. The zero-order valence-electron chi connectivity index (χ0n) is 9.05. The van der Waals surface area contributed by atoms with Crippen LogP contribution in [0.5, 0.6) is 0 Å². The highest BCUT2D eigenvalue weighted by Crippen LogP contribution is 2.12. The molecular formula is C10H23NOS. The summed E-state index contributed by atoms with van der Waals surface area (Å²) in [4.78, 5) is 0. The molecule has 0 aliphatic rings. The van der Waals surface area contributed by atoms with Crippen LogP contribution < -0.4 is 5.32 Å². The van der Waals surface area contributed by atoms with E-state index in [1.165, 1.54) is 12.8 Å². The summed E-state index contributed by atoms with van der Waals surface area (Å²) in [6.07, 6.45) is 2.47. The molecule has 0 radical (unpaired) electrons. The number of nitrogens with one attached hydrogen (secondary N) is 1.